The molecule has 5 atom stereocenters. The highest BCUT2D eigenvalue weighted by Crippen LogP contribution is 2.35. The third-order valence-corrected chi connectivity index (χ3v) is 6.71. The number of imidazole rings is 1. The molecule has 0 spiro atoms. The summed E-state index contributed by atoms with van der Waals surface area (Å²) in [6, 6.07) is 8.15. The molecule has 2 fully saturated rings. The van der Waals surface area contributed by atoms with Crippen LogP contribution in [0.25, 0.3) is 33.8 Å². The van der Waals surface area contributed by atoms with Gasteiger partial charge in [-0.1, -0.05) is 29.8 Å². The molecule has 5 N–H and O–H groups in total. The minimum absolute atomic E-state index is 0.0633. The van der Waals surface area contributed by atoms with Crippen LogP contribution in [-0.4, -0.2) is 89.2 Å². The average molecular weight is 494 g/mol. The van der Waals surface area contributed by atoms with Crippen molar-refractivity contribution in [1.82, 2.24) is 29.7 Å². The maximum Gasteiger partial charge on any atom is 0.182 e. The Bertz CT molecular complexity index is 1370. The van der Waals surface area contributed by atoms with Crippen LogP contribution in [0, 0.1) is 6.92 Å². The van der Waals surface area contributed by atoms with Gasteiger partial charge in [0.15, 0.2) is 29.0 Å². The molecule has 36 heavy (non-hydrogen) atoms. The standard InChI is InChI=1S/C24H27N7O5/c1-12-2-4-13(5-3-12)15-8-26-30-17(15)21-28-22(27-14-6-7-35-10-14)18-23(29-21)31(11-25-18)24-20(34)19(33)16(9-32)36-24/h2-5,8,11,14,16,19-20,24,32-34H,6-7,9-10H2,1H3,(H,26,30)(H,27,28,29)/t14?,16-,19+,20-,24-/m1/s1. The van der Waals surface area contributed by atoms with Gasteiger partial charge in [-0.3, -0.25) is 9.67 Å². The van der Waals surface area contributed by atoms with Crippen molar-refractivity contribution in [2.24, 2.45) is 0 Å². The maximum absolute atomic E-state index is 10.6. The van der Waals surface area contributed by atoms with Crippen molar-refractivity contribution >= 4 is 17.0 Å². The molecule has 5 heterocycles. The van der Waals surface area contributed by atoms with Gasteiger partial charge in [0.05, 0.1) is 31.8 Å². The van der Waals surface area contributed by atoms with E-state index in [1.165, 1.54) is 6.33 Å². The van der Waals surface area contributed by atoms with Gasteiger partial charge >= 0.3 is 0 Å². The minimum Gasteiger partial charge on any atom is -0.394 e. The lowest BCUT2D eigenvalue weighted by molar-refractivity contribution is -0.0511. The van der Waals surface area contributed by atoms with Crippen LogP contribution >= 0.6 is 0 Å². The van der Waals surface area contributed by atoms with Crippen LogP contribution in [0.2, 0.25) is 0 Å². The summed E-state index contributed by atoms with van der Waals surface area (Å²) in [5.41, 5.74) is 4.46. The Hall–Kier alpha value is -3.42. The fraction of sp³-hybridized carbons (Fsp3) is 0.417. The number of H-pyrrole nitrogens is 1. The van der Waals surface area contributed by atoms with Gasteiger partial charge in [0.25, 0.3) is 0 Å². The Labute approximate surface area is 206 Å². The van der Waals surface area contributed by atoms with Crippen molar-refractivity contribution in [3.05, 3.63) is 42.4 Å². The van der Waals surface area contributed by atoms with E-state index in [4.69, 9.17) is 19.4 Å². The topological polar surface area (TPSA) is 163 Å². The first kappa shape index (κ1) is 23.0. The first-order chi connectivity index (χ1) is 17.5. The number of aliphatic hydroxyl groups is 3. The fourth-order valence-corrected chi connectivity index (χ4v) is 4.68. The molecule has 0 aliphatic carbocycles. The van der Waals surface area contributed by atoms with E-state index in [2.05, 4.69) is 20.5 Å². The van der Waals surface area contributed by atoms with Gasteiger partial charge in [-0.2, -0.15) is 5.10 Å². The molecule has 0 bridgehead atoms. The van der Waals surface area contributed by atoms with E-state index in [0.29, 0.717) is 41.7 Å². The minimum atomic E-state index is -1.27. The van der Waals surface area contributed by atoms with Crippen LogP contribution in [-0.2, 0) is 9.47 Å². The Morgan fingerprint density at radius 1 is 1.17 bits per heavy atom. The summed E-state index contributed by atoms with van der Waals surface area (Å²) >= 11 is 0. The first-order valence-corrected chi connectivity index (χ1v) is 11.9. The number of aliphatic hydroxyl groups excluding tert-OH is 3. The second-order valence-electron chi connectivity index (χ2n) is 9.18. The van der Waals surface area contributed by atoms with Gasteiger partial charge in [-0.25, -0.2) is 15.0 Å². The van der Waals surface area contributed by atoms with E-state index in [1.807, 2.05) is 31.2 Å². The number of aryl methyl sites for hydroxylation is 1. The Kier molecular flexibility index (Phi) is 5.90. The normalized spacial score (nSPS) is 26.2. The Morgan fingerprint density at radius 2 is 2.00 bits per heavy atom. The summed E-state index contributed by atoms with van der Waals surface area (Å²) in [4.78, 5) is 14.1. The van der Waals surface area contributed by atoms with Crippen molar-refractivity contribution in [2.75, 3.05) is 25.1 Å². The van der Waals surface area contributed by atoms with Crippen molar-refractivity contribution in [3.8, 4) is 22.6 Å². The number of rotatable bonds is 6. The third kappa shape index (κ3) is 3.92. The lowest BCUT2D eigenvalue weighted by atomic mass is 10.0. The van der Waals surface area contributed by atoms with Crippen LogP contribution in [0.15, 0.2) is 36.8 Å². The summed E-state index contributed by atoms with van der Waals surface area (Å²) in [7, 11) is 0. The van der Waals surface area contributed by atoms with Crippen LogP contribution < -0.4 is 5.32 Å². The molecular formula is C24H27N7O5. The molecule has 0 saturated carbocycles. The van der Waals surface area contributed by atoms with Crippen LogP contribution in [0.1, 0.15) is 18.2 Å². The van der Waals surface area contributed by atoms with Gasteiger partial charge < -0.3 is 30.1 Å². The number of ether oxygens (including phenoxy) is 2. The predicted octanol–water partition coefficient (Wildman–Crippen LogP) is 1.00. The van der Waals surface area contributed by atoms with E-state index in [1.54, 1.807) is 10.8 Å². The molecule has 12 nitrogen and oxygen atoms in total. The van der Waals surface area contributed by atoms with Gasteiger partial charge in [0.2, 0.25) is 0 Å². The number of aromatic nitrogens is 6. The third-order valence-electron chi connectivity index (χ3n) is 6.71. The highest BCUT2D eigenvalue weighted by molar-refractivity contribution is 5.87. The molecule has 1 unspecified atom stereocenters. The number of nitrogens with zero attached hydrogens (tertiary/aromatic N) is 5. The maximum atomic E-state index is 10.6. The van der Waals surface area contributed by atoms with Crippen molar-refractivity contribution in [3.63, 3.8) is 0 Å². The number of hydrogen-bond acceptors (Lipinski definition) is 10. The molecule has 2 aliphatic rings. The highest BCUT2D eigenvalue weighted by Gasteiger charge is 2.44. The van der Waals surface area contributed by atoms with E-state index >= 15 is 0 Å². The van der Waals surface area contributed by atoms with E-state index in [9.17, 15) is 15.3 Å². The first-order valence-electron chi connectivity index (χ1n) is 11.9. The second kappa shape index (κ2) is 9.22. The quantitative estimate of drug-likeness (QED) is 0.262. The molecule has 1 aromatic carbocycles. The van der Waals surface area contributed by atoms with E-state index < -0.39 is 31.1 Å². The molecule has 3 aromatic heterocycles. The zero-order chi connectivity index (χ0) is 24.8. The number of anilines is 1. The van der Waals surface area contributed by atoms with Gasteiger partial charge in [0.1, 0.15) is 24.0 Å². The largest absolute Gasteiger partial charge is 0.394 e. The summed E-state index contributed by atoms with van der Waals surface area (Å²) in [6.45, 7) is 2.81. The zero-order valence-electron chi connectivity index (χ0n) is 19.6. The number of fused-ring (bicyclic) bond motifs is 1. The summed E-state index contributed by atoms with van der Waals surface area (Å²) in [5, 5.41) is 41.1. The molecule has 2 saturated heterocycles. The molecule has 0 radical (unpaired) electrons. The van der Waals surface area contributed by atoms with E-state index in [-0.39, 0.29) is 6.04 Å². The number of nitrogens with one attached hydrogen (secondary N) is 2. The number of hydrogen-bond donors (Lipinski definition) is 5. The highest BCUT2D eigenvalue weighted by atomic mass is 16.6. The summed E-state index contributed by atoms with van der Waals surface area (Å²) in [6.07, 6.45) is -0.360. The zero-order valence-corrected chi connectivity index (χ0v) is 19.6. The van der Waals surface area contributed by atoms with Crippen molar-refractivity contribution in [1.29, 1.82) is 0 Å². The number of benzene rings is 1. The Morgan fingerprint density at radius 3 is 2.72 bits per heavy atom. The molecule has 0 amide bonds. The SMILES string of the molecule is Cc1ccc(-c2cn[nH]c2-c2nc(NC3CCOC3)c3ncn([C@@H]4O[C@H](CO)[C@H](O)[C@H]4O)c3n2)cc1. The van der Waals surface area contributed by atoms with Gasteiger partial charge in [-0.05, 0) is 18.9 Å². The predicted molar refractivity (Wildman–Crippen MR) is 129 cm³/mol. The van der Waals surface area contributed by atoms with Gasteiger partial charge in [-0.15, -0.1) is 0 Å². The summed E-state index contributed by atoms with van der Waals surface area (Å²) < 4.78 is 12.8. The smallest absolute Gasteiger partial charge is 0.182 e. The molecule has 6 rings (SSSR count). The average Bonchev–Trinajstić information content (AvgIpc) is 3.68. The molecule has 4 aromatic rings. The van der Waals surface area contributed by atoms with Gasteiger partial charge in [0, 0.05) is 12.2 Å². The van der Waals surface area contributed by atoms with Crippen molar-refractivity contribution in [2.45, 2.75) is 43.9 Å². The molecule has 12 heteroatoms. The van der Waals surface area contributed by atoms with Crippen LogP contribution in [0.4, 0.5) is 5.82 Å². The van der Waals surface area contributed by atoms with Crippen LogP contribution in [0.3, 0.4) is 0 Å². The monoisotopic (exact) mass is 493 g/mol. The summed E-state index contributed by atoms with van der Waals surface area (Å²) in [5.74, 6) is 0.894. The molecule has 2 aliphatic heterocycles. The fourth-order valence-electron chi connectivity index (χ4n) is 4.68. The molecular weight excluding hydrogens is 466 g/mol. The second-order valence-corrected chi connectivity index (χ2v) is 9.18. The van der Waals surface area contributed by atoms with Crippen LogP contribution in [0.5, 0.6) is 0 Å². The number of aromatic amines is 1. The lowest BCUT2D eigenvalue weighted by Gasteiger charge is -2.17. The van der Waals surface area contributed by atoms with E-state index in [0.717, 1.165) is 23.1 Å². The lowest BCUT2D eigenvalue weighted by Crippen LogP contribution is -2.33. The Balaban J connectivity index is 1.48. The molecule has 188 valence electrons. The van der Waals surface area contributed by atoms with Crippen molar-refractivity contribution < 1.29 is 24.8 Å².